The Balaban J connectivity index is 2.46. The second kappa shape index (κ2) is 4.71. The zero-order valence-electron chi connectivity index (χ0n) is 10.0. The third kappa shape index (κ3) is 2.89. The van der Waals surface area contributed by atoms with E-state index < -0.39 is 9.05 Å². The maximum absolute atomic E-state index is 11.1. The summed E-state index contributed by atoms with van der Waals surface area (Å²) in [4.78, 5) is 4.15. The quantitative estimate of drug-likeness (QED) is 0.794. The van der Waals surface area contributed by atoms with Crippen LogP contribution in [-0.4, -0.2) is 13.4 Å². The van der Waals surface area contributed by atoms with E-state index >= 15 is 0 Å². The molecule has 0 aliphatic carbocycles. The molecule has 0 N–H and O–H groups in total. The summed E-state index contributed by atoms with van der Waals surface area (Å²) in [6.45, 7) is 4.02. The number of aromatic nitrogens is 1. The molecule has 0 aliphatic rings. The molecular weight excluding hydrogens is 270 g/mol. The first kappa shape index (κ1) is 13.1. The first-order valence-electron chi connectivity index (χ1n) is 5.35. The van der Waals surface area contributed by atoms with Crippen LogP contribution in [0, 0.1) is 13.8 Å². The monoisotopic (exact) mass is 281 g/mol. The molecule has 0 saturated heterocycles. The smallest absolute Gasteiger partial charge is 0.255 e. The lowest BCUT2D eigenvalue weighted by molar-refractivity contribution is 0.609. The number of hydrogen-bond acceptors (Lipinski definition) is 3. The summed E-state index contributed by atoms with van der Waals surface area (Å²) < 4.78 is 22.2. The van der Waals surface area contributed by atoms with Gasteiger partial charge in [-0.15, -0.1) is 0 Å². The summed E-state index contributed by atoms with van der Waals surface area (Å²) in [5.41, 5.74) is 3.97. The number of halogens is 1. The van der Waals surface area contributed by atoms with Crippen molar-refractivity contribution in [2.45, 2.75) is 18.7 Å². The lowest BCUT2D eigenvalue weighted by atomic mass is 10.0. The fraction of sp³-hybridized carbons (Fsp3) is 0.154. The number of benzene rings is 1. The molecule has 0 unspecified atom stereocenters. The lowest BCUT2D eigenvalue weighted by Crippen LogP contribution is -1.93. The maximum atomic E-state index is 11.1. The summed E-state index contributed by atoms with van der Waals surface area (Å²) in [5.74, 6) is 0. The number of aryl methyl sites for hydroxylation is 2. The fourth-order valence-electron chi connectivity index (χ4n) is 1.82. The molecule has 2 rings (SSSR count). The van der Waals surface area contributed by atoms with Gasteiger partial charge in [-0.1, -0.05) is 17.2 Å². The zero-order chi connectivity index (χ0) is 13.3. The van der Waals surface area contributed by atoms with Gasteiger partial charge in [0.05, 0.1) is 5.69 Å². The van der Waals surface area contributed by atoms with Crippen molar-refractivity contribution in [3.8, 4) is 11.3 Å². The average molecular weight is 282 g/mol. The van der Waals surface area contributed by atoms with Crippen molar-refractivity contribution in [1.29, 1.82) is 0 Å². The summed E-state index contributed by atoms with van der Waals surface area (Å²) in [6.07, 6.45) is 1.27. The van der Waals surface area contributed by atoms with Gasteiger partial charge in [0.15, 0.2) is 0 Å². The van der Waals surface area contributed by atoms with Crippen LogP contribution >= 0.6 is 10.7 Å². The van der Waals surface area contributed by atoms with Crippen molar-refractivity contribution >= 4 is 19.7 Å². The molecule has 0 fully saturated rings. The highest BCUT2D eigenvalue weighted by molar-refractivity contribution is 8.13. The van der Waals surface area contributed by atoms with Gasteiger partial charge in [0.25, 0.3) is 9.05 Å². The third-order valence-corrected chi connectivity index (χ3v) is 3.87. The van der Waals surface area contributed by atoms with E-state index in [1.165, 1.54) is 12.3 Å². The molecule has 5 heteroatoms. The van der Waals surface area contributed by atoms with Gasteiger partial charge < -0.3 is 0 Å². The average Bonchev–Trinajstić information content (AvgIpc) is 2.27. The Morgan fingerprint density at radius 3 is 2.11 bits per heavy atom. The third-order valence-electron chi connectivity index (χ3n) is 2.54. The van der Waals surface area contributed by atoms with Crippen LogP contribution < -0.4 is 0 Å². The molecule has 0 atom stereocenters. The standard InChI is InChI=1S/C13H12ClNO2S/c1-9-5-10(2)7-11(6-9)13-4-3-12(8-15-13)18(14,16)17/h3-8H,1-2H3. The van der Waals surface area contributed by atoms with E-state index in [4.69, 9.17) is 10.7 Å². The van der Waals surface area contributed by atoms with E-state index in [-0.39, 0.29) is 4.90 Å². The summed E-state index contributed by atoms with van der Waals surface area (Å²) in [7, 11) is 1.53. The highest BCUT2D eigenvalue weighted by Crippen LogP contribution is 2.22. The molecule has 0 saturated carbocycles. The van der Waals surface area contributed by atoms with Crippen LogP contribution in [0.4, 0.5) is 0 Å². The summed E-state index contributed by atoms with van der Waals surface area (Å²) in [6, 6.07) is 9.20. The number of pyridine rings is 1. The molecule has 0 aliphatic heterocycles. The van der Waals surface area contributed by atoms with Crippen LogP contribution in [0.3, 0.4) is 0 Å². The molecule has 0 spiro atoms. The van der Waals surface area contributed by atoms with E-state index in [0.717, 1.165) is 22.4 Å². The maximum Gasteiger partial charge on any atom is 0.262 e. The summed E-state index contributed by atoms with van der Waals surface area (Å²) in [5, 5.41) is 0. The van der Waals surface area contributed by atoms with Gasteiger partial charge in [-0.3, -0.25) is 4.98 Å². The van der Waals surface area contributed by atoms with Crippen molar-refractivity contribution < 1.29 is 8.42 Å². The minimum absolute atomic E-state index is 0.0114. The molecule has 1 heterocycles. The second-order valence-electron chi connectivity index (χ2n) is 4.19. The highest BCUT2D eigenvalue weighted by Gasteiger charge is 2.10. The van der Waals surface area contributed by atoms with Crippen LogP contribution in [0.2, 0.25) is 0 Å². The Hall–Kier alpha value is -1.39. The predicted molar refractivity (Wildman–Crippen MR) is 72.2 cm³/mol. The van der Waals surface area contributed by atoms with Crippen molar-refractivity contribution in [2.75, 3.05) is 0 Å². The molecule has 1 aromatic heterocycles. The Bertz CT molecular complexity index is 658. The lowest BCUT2D eigenvalue weighted by Gasteiger charge is -2.05. The molecule has 1 aromatic carbocycles. The van der Waals surface area contributed by atoms with Crippen molar-refractivity contribution in [2.24, 2.45) is 0 Å². The fourth-order valence-corrected chi connectivity index (χ4v) is 2.50. The molecule has 18 heavy (non-hydrogen) atoms. The molecular formula is C13H12ClNO2S. The predicted octanol–water partition coefficient (Wildman–Crippen LogP) is 3.29. The van der Waals surface area contributed by atoms with E-state index in [1.807, 2.05) is 26.0 Å². The minimum atomic E-state index is -3.71. The van der Waals surface area contributed by atoms with Crippen LogP contribution in [0.5, 0.6) is 0 Å². The Kier molecular flexibility index (Phi) is 3.41. The van der Waals surface area contributed by atoms with Gasteiger partial charge >= 0.3 is 0 Å². The number of hydrogen-bond donors (Lipinski definition) is 0. The van der Waals surface area contributed by atoms with Crippen LogP contribution in [0.25, 0.3) is 11.3 Å². The number of rotatable bonds is 2. The van der Waals surface area contributed by atoms with Crippen molar-refractivity contribution in [1.82, 2.24) is 4.98 Å². The molecule has 2 aromatic rings. The van der Waals surface area contributed by atoms with Crippen LogP contribution in [0.15, 0.2) is 41.4 Å². The largest absolute Gasteiger partial charge is 0.262 e. The van der Waals surface area contributed by atoms with E-state index in [9.17, 15) is 8.42 Å². The Morgan fingerprint density at radius 1 is 1.06 bits per heavy atom. The molecule has 0 bridgehead atoms. The van der Waals surface area contributed by atoms with Crippen molar-refractivity contribution in [3.05, 3.63) is 47.7 Å². The zero-order valence-corrected chi connectivity index (χ0v) is 11.6. The first-order chi connectivity index (χ1) is 8.36. The van der Waals surface area contributed by atoms with Gasteiger partial charge in [-0.2, -0.15) is 0 Å². The minimum Gasteiger partial charge on any atom is -0.255 e. The van der Waals surface area contributed by atoms with E-state index in [1.54, 1.807) is 6.07 Å². The Morgan fingerprint density at radius 2 is 1.67 bits per heavy atom. The Labute approximate surface area is 111 Å². The van der Waals surface area contributed by atoms with Gasteiger partial charge in [-0.25, -0.2) is 8.42 Å². The molecule has 3 nitrogen and oxygen atoms in total. The molecule has 0 amide bonds. The summed E-state index contributed by atoms with van der Waals surface area (Å²) >= 11 is 0. The SMILES string of the molecule is Cc1cc(C)cc(-c2ccc(S(=O)(=O)Cl)cn2)c1. The van der Waals surface area contributed by atoms with Gasteiger partial charge in [0, 0.05) is 22.4 Å². The van der Waals surface area contributed by atoms with Crippen molar-refractivity contribution in [3.63, 3.8) is 0 Å². The van der Waals surface area contributed by atoms with Crippen LogP contribution in [0.1, 0.15) is 11.1 Å². The molecule has 0 radical (unpaired) electrons. The number of nitrogens with zero attached hydrogens (tertiary/aromatic N) is 1. The van der Waals surface area contributed by atoms with Gasteiger partial charge in [0.1, 0.15) is 4.90 Å². The van der Waals surface area contributed by atoms with E-state index in [2.05, 4.69) is 11.1 Å². The van der Waals surface area contributed by atoms with Gasteiger partial charge in [0.2, 0.25) is 0 Å². The second-order valence-corrected chi connectivity index (χ2v) is 6.76. The normalized spacial score (nSPS) is 11.5. The highest BCUT2D eigenvalue weighted by atomic mass is 35.7. The topological polar surface area (TPSA) is 47.0 Å². The van der Waals surface area contributed by atoms with Crippen LogP contribution in [-0.2, 0) is 9.05 Å². The van der Waals surface area contributed by atoms with Gasteiger partial charge in [-0.05, 0) is 38.1 Å². The molecule has 94 valence electrons. The first-order valence-corrected chi connectivity index (χ1v) is 7.66. The van der Waals surface area contributed by atoms with E-state index in [0.29, 0.717) is 0 Å².